The number of carboxylic acids is 1. The molecule has 88 valence electrons. The van der Waals surface area contributed by atoms with E-state index >= 15 is 0 Å². The van der Waals surface area contributed by atoms with Crippen molar-refractivity contribution < 1.29 is 9.90 Å². The number of aromatic nitrogens is 2. The number of hydrogen-bond donors (Lipinski definition) is 3. The Balaban J connectivity index is 2.58. The van der Waals surface area contributed by atoms with Gasteiger partial charge >= 0.3 is 5.97 Å². The highest BCUT2D eigenvalue weighted by atomic mass is 32.2. The van der Waals surface area contributed by atoms with Gasteiger partial charge in [0.1, 0.15) is 5.82 Å². The van der Waals surface area contributed by atoms with Gasteiger partial charge in [-0.3, -0.25) is 9.59 Å². The number of carbonyl (C=O) groups is 1. The predicted octanol–water partition coefficient (Wildman–Crippen LogP) is 0.697. The van der Waals surface area contributed by atoms with E-state index in [0.29, 0.717) is 11.6 Å². The quantitative estimate of drug-likeness (QED) is 0.518. The smallest absolute Gasteiger partial charge is 0.303 e. The molecule has 0 saturated carbocycles. The lowest BCUT2D eigenvalue weighted by molar-refractivity contribution is -0.137. The summed E-state index contributed by atoms with van der Waals surface area (Å²) in [6, 6.07) is 1.20. The second-order valence-corrected chi connectivity index (χ2v) is 4.76. The van der Waals surface area contributed by atoms with Crippen molar-refractivity contribution >= 4 is 23.5 Å². The normalized spacial score (nSPS) is 12.3. The predicted molar refractivity (Wildman–Crippen MR) is 61.5 cm³/mol. The summed E-state index contributed by atoms with van der Waals surface area (Å²) >= 11 is 1.30. The zero-order valence-electron chi connectivity index (χ0n) is 8.77. The Morgan fingerprint density at radius 1 is 1.75 bits per heavy atom. The van der Waals surface area contributed by atoms with Gasteiger partial charge in [0.05, 0.1) is 0 Å². The van der Waals surface area contributed by atoms with Gasteiger partial charge in [0.25, 0.3) is 5.56 Å². The van der Waals surface area contributed by atoms with Gasteiger partial charge in [0, 0.05) is 17.7 Å². The number of rotatable bonds is 5. The number of hydrogen-bond acceptors (Lipinski definition) is 5. The summed E-state index contributed by atoms with van der Waals surface area (Å²) in [5.41, 5.74) is 5.11. The SMILES string of the molecule is CC(CCC(=O)O)Sc1nc(N)cc(=O)[nH]1. The molecule has 0 fully saturated rings. The highest BCUT2D eigenvalue weighted by Gasteiger charge is 2.09. The van der Waals surface area contributed by atoms with Gasteiger partial charge in [-0.05, 0) is 6.42 Å². The number of carboxylic acid groups (broad SMARTS) is 1. The summed E-state index contributed by atoms with van der Waals surface area (Å²) < 4.78 is 0. The molecule has 1 aromatic rings. The summed E-state index contributed by atoms with van der Waals surface area (Å²) in [7, 11) is 0. The van der Waals surface area contributed by atoms with Crippen LogP contribution in [-0.2, 0) is 4.79 Å². The number of nitrogens with one attached hydrogen (secondary N) is 1. The van der Waals surface area contributed by atoms with Crippen LogP contribution in [0.4, 0.5) is 5.82 Å². The first-order chi connectivity index (χ1) is 7.47. The van der Waals surface area contributed by atoms with Crippen LogP contribution < -0.4 is 11.3 Å². The Bertz CT molecular complexity index is 432. The third-order valence-electron chi connectivity index (χ3n) is 1.82. The zero-order valence-corrected chi connectivity index (χ0v) is 9.58. The molecule has 16 heavy (non-hydrogen) atoms. The highest BCUT2D eigenvalue weighted by Crippen LogP contribution is 2.22. The molecule has 0 saturated heterocycles. The van der Waals surface area contributed by atoms with Gasteiger partial charge in [0.2, 0.25) is 0 Å². The number of nitrogen functional groups attached to an aromatic ring is 1. The number of thioether (sulfide) groups is 1. The standard InChI is InChI=1S/C9H13N3O3S/c1-5(2-3-8(14)15)16-9-11-6(10)4-7(13)12-9/h4-5H,2-3H2,1H3,(H,14,15)(H3,10,11,12,13). The summed E-state index contributed by atoms with van der Waals surface area (Å²) in [6.07, 6.45) is 0.610. The molecule has 0 aliphatic heterocycles. The van der Waals surface area contributed by atoms with Crippen molar-refractivity contribution in [1.82, 2.24) is 9.97 Å². The van der Waals surface area contributed by atoms with Crippen molar-refractivity contribution in [1.29, 1.82) is 0 Å². The Morgan fingerprint density at radius 3 is 3.00 bits per heavy atom. The molecule has 4 N–H and O–H groups in total. The fourth-order valence-electron chi connectivity index (χ4n) is 1.09. The topological polar surface area (TPSA) is 109 Å². The molecular formula is C9H13N3O3S. The largest absolute Gasteiger partial charge is 0.481 e. The van der Waals surface area contributed by atoms with E-state index in [1.165, 1.54) is 17.8 Å². The van der Waals surface area contributed by atoms with Crippen molar-refractivity contribution in [2.24, 2.45) is 0 Å². The monoisotopic (exact) mass is 243 g/mol. The molecule has 7 heteroatoms. The molecule has 0 radical (unpaired) electrons. The average molecular weight is 243 g/mol. The van der Waals surface area contributed by atoms with Crippen LogP contribution in [-0.4, -0.2) is 26.3 Å². The molecule has 1 heterocycles. The molecule has 1 aromatic heterocycles. The third-order valence-corrected chi connectivity index (χ3v) is 2.87. The van der Waals surface area contributed by atoms with E-state index in [0.717, 1.165) is 0 Å². The third kappa shape index (κ3) is 4.35. The van der Waals surface area contributed by atoms with Crippen LogP contribution in [0.2, 0.25) is 0 Å². The summed E-state index contributed by atoms with van der Waals surface area (Å²) in [5.74, 6) is -0.668. The maximum atomic E-state index is 11.1. The molecule has 0 aliphatic carbocycles. The molecule has 1 rings (SSSR count). The molecule has 1 unspecified atom stereocenters. The minimum atomic E-state index is -0.832. The molecule has 0 aliphatic rings. The number of nitrogens with zero attached hydrogens (tertiary/aromatic N) is 1. The van der Waals surface area contributed by atoms with E-state index in [-0.39, 0.29) is 23.0 Å². The number of nitrogens with two attached hydrogens (primary N) is 1. The average Bonchev–Trinajstić information content (AvgIpc) is 2.12. The Kier molecular flexibility index (Phi) is 4.36. The van der Waals surface area contributed by atoms with Gasteiger partial charge in [-0.15, -0.1) is 0 Å². The number of H-pyrrole nitrogens is 1. The lowest BCUT2D eigenvalue weighted by Crippen LogP contribution is -2.11. The van der Waals surface area contributed by atoms with E-state index in [2.05, 4.69) is 9.97 Å². The number of aliphatic carboxylic acids is 1. The van der Waals surface area contributed by atoms with Crippen LogP contribution >= 0.6 is 11.8 Å². The van der Waals surface area contributed by atoms with Gasteiger partial charge in [-0.25, -0.2) is 4.98 Å². The van der Waals surface area contributed by atoms with Gasteiger partial charge < -0.3 is 15.8 Å². The molecule has 0 aromatic carbocycles. The van der Waals surface area contributed by atoms with Crippen LogP contribution in [0.3, 0.4) is 0 Å². The van der Waals surface area contributed by atoms with Crippen molar-refractivity contribution in [2.75, 3.05) is 5.73 Å². The van der Waals surface area contributed by atoms with Crippen LogP contribution in [0, 0.1) is 0 Å². The fraction of sp³-hybridized carbons (Fsp3) is 0.444. The maximum absolute atomic E-state index is 11.1. The first-order valence-electron chi connectivity index (χ1n) is 4.72. The fourth-order valence-corrected chi connectivity index (χ4v) is 2.02. The molecule has 1 atom stereocenters. The summed E-state index contributed by atoms with van der Waals surface area (Å²) in [4.78, 5) is 27.9. The Hall–Kier alpha value is -1.50. The van der Waals surface area contributed by atoms with Crippen LogP contribution in [0.25, 0.3) is 0 Å². The minimum Gasteiger partial charge on any atom is -0.481 e. The van der Waals surface area contributed by atoms with Gasteiger partial charge in [0.15, 0.2) is 5.16 Å². The number of anilines is 1. The van der Waals surface area contributed by atoms with E-state index < -0.39 is 5.97 Å². The van der Waals surface area contributed by atoms with Crippen LogP contribution in [0.15, 0.2) is 16.0 Å². The second-order valence-electron chi connectivity index (χ2n) is 3.34. The minimum absolute atomic E-state index is 0.0565. The molecule has 0 amide bonds. The Morgan fingerprint density at radius 2 is 2.44 bits per heavy atom. The van der Waals surface area contributed by atoms with Gasteiger partial charge in [-0.2, -0.15) is 0 Å². The first-order valence-corrected chi connectivity index (χ1v) is 5.60. The zero-order chi connectivity index (χ0) is 12.1. The van der Waals surface area contributed by atoms with Crippen LogP contribution in [0.5, 0.6) is 0 Å². The summed E-state index contributed by atoms with van der Waals surface area (Å²) in [5, 5.41) is 8.99. The molecule has 6 nitrogen and oxygen atoms in total. The van der Waals surface area contributed by atoms with Crippen molar-refractivity contribution in [2.45, 2.75) is 30.2 Å². The second kappa shape index (κ2) is 5.55. The lowest BCUT2D eigenvalue weighted by Gasteiger charge is -2.08. The first kappa shape index (κ1) is 12.6. The molecule has 0 spiro atoms. The highest BCUT2D eigenvalue weighted by molar-refractivity contribution is 7.99. The number of aromatic amines is 1. The summed E-state index contributed by atoms with van der Waals surface area (Å²) in [6.45, 7) is 1.87. The van der Waals surface area contributed by atoms with E-state index in [1.54, 1.807) is 0 Å². The maximum Gasteiger partial charge on any atom is 0.303 e. The van der Waals surface area contributed by atoms with Crippen molar-refractivity contribution in [3.63, 3.8) is 0 Å². The lowest BCUT2D eigenvalue weighted by atomic mass is 10.2. The molecular weight excluding hydrogens is 230 g/mol. The van der Waals surface area contributed by atoms with Gasteiger partial charge in [-0.1, -0.05) is 18.7 Å². The van der Waals surface area contributed by atoms with E-state index in [9.17, 15) is 9.59 Å². The van der Waals surface area contributed by atoms with E-state index in [4.69, 9.17) is 10.8 Å². The molecule has 0 bridgehead atoms. The van der Waals surface area contributed by atoms with E-state index in [1.807, 2.05) is 6.92 Å². The van der Waals surface area contributed by atoms with Crippen molar-refractivity contribution in [3.8, 4) is 0 Å². The van der Waals surface area contributed by atoms with Crippen molar-refractivity contribution in [3.05, 3.63) is 16.4 Å². The van der Waals surface area contributed by atoms with Crippen LogP contribution in [0.1, 0.15) is 19.8 Å². The Labute approximate surface area is 96.3 Å².